The molecule has 19 heavy (non-hydrogen) atoms. The van der Waals surface area contributed by atoms with Crippen LogP contribution in [0.5, 0.6) is 11.5 Å². The summed E-state index contributed by atoms with van der Waals surface area (Å²) in [5.74, 6) is -0.876. The zero-order valence-electron chi connectivity index (χ0n) is 10.5. The van der Waals surface area contributed by atoms with E-state index in [0.717, 1.165) is 6.08 Å². The van der Waals surface area contributed by atoms with Crippen LogP contribution in [-0.2, 0) is 9.59 Å². The minimum absolute atomic E-state index is 0.250. The van der Waals surface area contributed by atoms with Gasteiger partial charge in [-0.15, -0.1) is 0 Å². The van der Waals surface area contributed by atoms with Gasteiger partial charge in [-0.05, 0) is 23.8 Å². The van der Waals surface area contributed by atoms with E-state index in [4.69, 9.17) is 14.6 Å². The Balaban J connectivity index is 3.02. The van der Waals surface area contributed by atoms with Gasteiger partial charge in [0.05, 0.1) is 0 Å². The van der Waals surface area contributed by atoms with E-state index in [9.17, 15) is 9.59 Å². The number of ether oxygens (including phenoxy) is 2. The Labute approximate surface area is 110 Å². The minimum Gasteiger partial charge on any atom is -0.486 e. The quantitative estimate of drug-likeness (QED) is 0.368. The molecular weight excluding hydrogens is 248 g/mol. The molecule has 0 unspecified atom stereocenters. The van der Waals surface area contributed by atoms with E-state index in [0.29, 0.717) is 11.3 Å². The van der Waals surface area contributed by atoms with Gasteiger partial charge in [0, 0.05) is 13.0 Å². The van der Waals surface area contributed by atoms with E-state index in [1.165, 1.54) is 13.0 Å². The molecule has 0 atom stereocenters. The first-order valence-corrected chi connectivity index (χ1v) is 5.50. The number of aliphatic carboxylic acids is 1. The number of carbonyl (C=O) groups is 2. The third-order valence-electron chi connectivity index (χ3n) is 2.00. The van der Waals surface area contributed by atoms with E-state index in [1.54, 1.807) is 24.3 Å². The van der Waals surface area contributed by atoms with Crippen molar-refractivity contribution in [2.75, 3.05) is 6.61 Å². The van der Waals surface area contributed by atoms with Crippen LogP contribution >= 0.6 is 0 Å². The number of carbonyl (C=O) groups excluding carboxylic acids is 1. The fourth-order valence-corrected chi connectivity index (χ4v) is 1.30. The number of rotatable bonds is 6. The van der Waals surface area contributed by atoms with Gasteiger partial charge in [0.25, 0.3) is 0 Å². The number of esters is 1. The van der Waals surface area contributed by atoms with Gasteiger partial charge >= 0.3 is 11.9 Å². The Morgan fingerprint density at radius 3 is 2.68 bits per heavy atom. The molecule has 5 nitrogen and oxygen atoms in total. The first-order chi connectivity index (χ1) is 9.02. The molecule has 100 valence electrons. The molecule has 0 heterocycles. The summed E-state index contributed by atoms with van der Waals surface area (Å²) in [6, 6.07) is 4.75. The SMILES string of the molecule is C=CCOc1cc(C=CC(=O)O)ccc1OC(C)=O. The van der Waals surface area contributed by atoms with Crippen LogP contribution in [-0.4, -0.2) is 23.7 Å². The van der Waals surface area contributed by atoms with Crippen LogP contribution in [0.15, 0.2) is 36.9 Å². The normalized spacial score (nSPS) is 10.2. The standard InChI is InChI=1S/C14H14O5/c1-3-8-18-13-9-11(5-7-14(16)17)4-6-12(13)19-10(2)15/h3-7,9H,1,8H2,2H3,(H,16,17). The zero-order valence-corrected chi connectivity index (χ0v) is 10.5. The van der Waals surface area contributed by atoms with E-state index >= 15 is 0 Å². The third kappa shape index (κ3) is 5.08. The topological polar surface area (TPSA) is 72.8 Å². The van der Waals surface area contributed by atoms with Gasteiger partial charge in [-0.1, -0.05) is 18.7 Å². The van der Waals surface area contributed by atoms with Crippen molar-refractivity contribution in [2.24, 2.45) is 0 Å². The molecule has 0 aromatic heterocycles. The molecular formula is C14H14O5. The van der Waals surface area contributed by atoms with E-state index < -0.39 is 11.9 Å². The lowest BCUT2D eigenvalue weighted by atomic mass is 10.2. The number of benzene rings is 1. The molecule has 5 heteroatoms. The molecule has 1 aromatic rings. The average Bonchev–Trinajstić information content (AvgIpc) is 2.35. The number of hydrogen-bond acceptors (Lipinski definition) is 4. The highest BCUT2D eigenvalue weighted by Crippen LogP contribution is 2.29. The van der Waals surface area contributed by atoms with Crippen molar-refractivity contribution >= 4 is 18.0 Å². The molecule has 0 saturated carbocycles. The smallest absolute Gasteiger partial charge is 0.328 e. The Kier molecular flexibility index (Phi) is 5.35. The average molecular weight is 262 g/mol. The first-order valence-electron chi connectivity index (χ1n) is 5.50. The highest BCUT2D eigenvalue weighted by Gasteiger charge is 2.08. The lowest BCUT2D eigenvalue weighted by Gasteiger charge is -2.10. The fourth-order valence-electron chi connectivity index (χ4n) is 1.30. The second-order valence-electron chi connectivity index (χ2n) is 3.57. The minimum atomic E-state index is -1.04. The first kappa shape index (κ1) is 14.5. The number of carboxylic acids is 1. The van der Waals surface area contributed by atoms with Gasteiger partial charge in [-0.25, -0.2) is 4.79 Å². The summed E-state index contributed by atoms with van der Waals surface area (Å²) >= 11 is 0. The summed E-state index contributed by atoms with van der Waals surface area (Å²) < 4.78 is 10.3. The van der Waals surface area contributed by atoms with Crippen LogP contribution in [0.3, 0.4) is 0 Å². The van der Waals surface area contributed by atoms with Crippen molar-refractivity contribution in [3.8, 4) is 11.5 Å². The van der Waals surface area contributed by atoms with Crippen molar-refractivity contribution in [1.29, 1.82) is 0 Å². The van der Waals surface area contributed by atoms with Gasteiger partial charge in [0.15, 0.2) is 11.5 Å². The van der Waals surface area contributed by atoms with Crippen LogP contribution < -0.4 is 9.47 Å². The largest absolute Gasteiger partial charge is 0.486 e. The maximum absolute atomic E-state index is 10.9. The molecule has 0 radical (unpaired) electrons. The van der Waals surface area contributed by atoms with Gasteiger partial charge in [-0.3, -0.25) is 4.79 Å². The molecule has 0 spiro atoms. The van der Waals surface area contributed by atoms with Crippen molar-refractivity contribution < 1.29 is 24.2 Å². The van der Waals surface area contributed by atoms with Crippen molar-refractivity contribution in [2.45, 2.75) is 6.92 Å². The summed E-state index contributed by atoms with van der Waals surface area (Å²) in [5, 5.41) is 8.56. The third-order valence-corrected chi connectivity index (χ3v) is 2.00. The van der Waals surface area contributed by atoms with Gasteiger partial charge in [0.2, 0.25) is 0 Å². The second-order valence-corrected chi connectivity index (χ2v) is 3.57. The monoisotopic (exact) mass is 262 g/mol. The molecule has 0 aliphatic rings. The fraction of sp³-hybridized carbons (Fsp3) is 0.143. The highest BCUT2D eigenvalue weighted by molar-refractivity contribution is 5.85. The Morgan fingerprint density at radius 1 is 1.37 bits per heavy atom. The van der Waals surface area contributed by atoms with E-state index in [1.807, 2.05) is 0 Å². The van der Waals surface area contributed by atoms with Crippen LogP contribution in [0.4, 0.5) is 0 Å². The Bertz CT molecular complexity index is 517. The van der Waals surface area contributed by atoms with Crippen LogP contribution in [0, 0.1) is 0 Å². The van der Waals surface area contributed by atoms with Crippen LogP contribution in [0.25, 0.3) is 6.08 Å². The maximum atomic E-state index is 10.9. The van der Waals surface area contributed by atoms with E-state index in [2.05, 4.69) is 6.58 Å². The lowest BCUT2D eigenvalue weighted by molar-refractivity contribution is -0.132. The number of hydrogen-bond donors (Lipinski definition) is 1. The zero-order chi connectivity index (χ0) is 14.3. The second kappa shape index (κ2) is 7.00. The Hall–Kier alpha value is -2.56. The molecule has 0 aliphatic heterocycles. The summed E-state index contributed by atoms with van der Waals surface area (Å²) in [4.78, 5) is 21.4. The molecule has 0 aliphatic carbocycles. The highest BCUT2D eigenvalue weighted by atomic mass is 16.6. The van der Waals surface area contributed by atoms with Gasteiger partial charge in [-0.2, -0.15) is 0 Å². The molecule has 0 amide bonds. The molecule has 1 N–H and O–H groups in total. The summed E-state index contributed by atoms with van der Waals surface area (Å²) in [7, 11) is 0. The van der Waals surface area contributed by atoms with Gasteiger partial charge < -0.3 is 14.6 Å². The lowest BCUT2D eigenvalue weighted by Crippen LogP contribution is -2.04. The van der Waals surface area contributed by atoms with Crippen LogP contribution in [0.2, 0.25) is 0 Å². The Morgan fingerprint density at radius 2 is 2.11 bits per heavy atom. The molecule has 0 saturated heterocycles. The van der Waals surface area contributed by atoms with Crippen molar-refractivity contribution in [1.82, 2.24) is 0 Å². The van der Waals surface area contributed by atoms with Gasteiger partial charge in [0.1, 0.15) is 6.61 Å². The van der Waals surface area contributed by atoms with Crippen molar-refractivity contribution in [3.63, 3.8) is 0 Å². The summed E-state index contributed by atoms with van der Waals surface area (Å²) in [6.45, 7) is 5.06. The number of carboxylic acid groups (broad SMARTS) is 1. The molecule has 1 aromatic carbocycles. The molecule has 1 rings (SSSR count). The maximum Gasteiger partial charge on any atom is 0.328 e. The molecule has 0 bridgehead atoms. The van der Waals surface area contributed by atoms with E-state index in [-0.39, 0.29) is 12.4 Å². The predicted octanol–water partition coefficient (Wildman–Crippen LogP) is 2.27. The summed E-state index contributed by atoms with van der Waals surface area (Å²) in [5.41, 5.74) is 0.623. The van der Waals surface area contributed by atoms with Crippen LogP contribution in [0.1, 0.15) is 12.5 Å². The molecule has 0 fully saturated rings. The predicted molar refractivity (Wildman–Crippen MR) is 70.1 cm³/mol. The van der Waals surface area contributed by atoms with Crippen molar-refractivity contribution in [3.05, 3.63) is 42.5 Å². The summed E-state index contributed by atoms with van der Waals surface area (Å²) in [6.07, 6.45) is 3.98.